The minimum atomic E-state index is -1.80. The zero-order chi connectivity index (χ0) is 18.9. The Morgan fingerprint density at radius 2 is 2.20 bits per heavy atom. The van der Waals surface area contributed by atoms with E-state index in [2.05, 4.69) is 4.98 Å². The van der Waals surface area contributed by atoms with Crippen LogP contribution >= 0.6 is 0 Å². The summed E-state index contributed by atoms with van der Waals surface area (Å²) in [5, 5.41) is 20.4. The van der Waals surface area contributed by atoms with Crippen LogP contribution in [0.2, 0.25) is 0 Å². The van der Waals surface area contributed by atoms with Crippen LogP contribution in [0.3, 0.4) is 0 Å². The summed E-state index contributed by atoms with van der Waals surface area (Å²) in [6.45, 7) is 4.32. The van der Waals surface area contributed by atoms with Crippen molar-refractivity contribution >= 4 is 11.8 Å². The third-order valence-electron chi connectivity index (χ3n) is 4.23. The zero-order valence-corrected chi connectivity index (χ0v) is 14.3. The summed E-state index contributed by atoms with van der Waals surface area (Å²) in [7, 11) is 0. The highest BCUT2D eigenvalue weighted by molar-refractivity contribution is 5.76. The molecule has 6 N–H and O–H groups in total. The number of carbonyl (C=O) groups excluding carboxylic acids is 1. The SMILES string of the molecule is CC(C)[C@H](N)C(=O)O[C@@H]1C(CO)OC(n2ccc(N)nc2=O)[C@]1(C)O. The van der Waals surface area contributed by atoms with E-state index in [1.54, 1.807) is 13.8 Å². The van der Waals surface area contributed by atoms with E-state index in [0.717, 1.165) is 4.57 Å². The number of anilines is 1. The van der Waals surface area contributed by atoms with Crippen molar-refractivity contribution in [3.63, 3.8) is 0 Å². The van der Waals surface area contributed by atoms with E-state index in [4.69, 9.17) is 20.9 Å². The number of aliphatic hydroxyl groups excluding tert-OH is 1. The molecule has 0 spiro atoms. The summed E-state index contributed by atoms with van der Waals surface area (Å²) in [4.78, 5) is 27.8. The largest absolute Gasteiger partial charge is 0.455 e. The summed E-state index contributed by atoms with van der Waals surface area (Å²) in [6, 6.07) is 0.470. The highest BCUT2D eigenvalue weighted by atomic mass is 16.6. The first-order valence-electron chi connectivity index (χ1n) is 7.89. The number of ether oxygens (including phenoxy) is 2. The number of rotatable bonds is 5. The summed E-state index contributed by atoms with van der Waals surface area (Å²) in [5.74, 6) is -0.888. The molecule has 1 aromatic heterocycles. The molecule has 0 bridgehead atoms. The Morgan fingerprint density at radius 3 is 2.72 bits per heavy atom. The maximum atomic E-state index is 12.2. The molecular formula is C15H24N4O6. The lowest BCUT2D eigenvalue weighted by molar-refractivity contribution is -0.166. The second-order valence-corrected chi connectivity index (χ2v) is 6.60. The molecule has 0 aromatic carbocycles. The molecule has 1 saturated heterocycles. The van der Waals surface area contributed by atoms with E-state index in [0.29, 0.717) is 0 Å². The normalized spacial score (nSPS) is 30.4. The van der Waals surface area contributed by atoms with Crippen molar-refractivity contribution in [1.29, 1.82) is 0 Å². The van der Waals surface area contributed by atoms with Gasteiger partial charge in [-0.1, -0.05) is 13.8 Å². The molecule has 0 aliphatic carbocycles. The molecule has 10 heteroatoms. The number of esters is 1. The van der Waals surface area contributed by atoms with Gasteiger partial charge in [0.1, 0.15) is 23.6 Å². The van der Waals surface area contributed by atoms with Gasteiger partial charge < -0.3 is 31.2 Å². The number of nitrogens with two attached hydrogens (primary N) is 2. The van der Waals surface area contributed by atoms with Crippen LogP contribution in [0.4, 0.5) is 5.82 Å². The zero-order valence-electron chi connectivity index (χ0n) is 14.3. The minimum absolute atomic E-state index is 0.0171. The second kappa shape index (κ2) is 7.08. The molecule has 10 nitrogen and oxygen atoms in total. The van der Waals surface area contributed by atoms with Crippen LogP contribution in [-0.2, 0) is 14.3 Å². The number of carbonyl (C=O) groups is 1. The van der Waals surface area contributed by atoms with E-state index >= 15 is 0 Å². The Bertz CT molecular complexity index is 689. The van der Waals surface area contributed by atoms with Gasteiger partial charge in [-0.05, 0) is 18.9 Å². The smallest absolute Gasteiger partial charge is 0.351 e. The van der Waals surface area contributed by atoms with Crippen molar-refractivity contribution in [1.82, 2.24) is 9.55 Å². The van der Waals surface area contributed by atoms with Gasteiger partial charge in [-0.25, -0.2) is 4.79 Å². The second-order valence-electron chi connectivity index (χ2n) is 6.60. The first kappa shape index (κ1) is 19.3. The molecule has 1 aliphatic heterocycles. The van der Waals surface area contributed by atoms with Crippen LogP contribution in [-0.4, -0.2) is 56.2 Å². The van der Waals surface area contributed by atoms with Gasteiger partial charge in [0, 0.05) is 6.20 Å². The Labute approximate surface area is 144 Å². The van der Waals surface area contributed by atoms with Crippen LogP contribution in [0.5, 0.6) is 0 Å². The molecule has 140 valence electrons. The number of aliphatic hydroxyl groups is 2. The fraction of sp³-hybridized carbons (Fsp3) is 0.667. The molecule has 5 atom stereocenters. The summed E-state index contributed by atoms with van der Waals surface area (Å²) < 4.78 is 11.9. The number of hydrogen-bond donors (Lipinski definition) is 4. The van der Waals surface area contributed by atoms with Crippen LogP contribution in [0.1, 0.15) is 27.0 Å². The van der Waals surface area contributed by atoms with Gasteiger partial charge in [-0.3, -0.25) is 9.36 Å². The van der Waals surface area contributed by atoms with E-state index in [9.17, 15) is 19.8 Å². The minimum Gasteiger partial charge on any atom is -0.455 e. The van der Waals surface area contributed by atoms with Crippen molar-refractivity contribution in [3.05, 3.63) is 22.7 Å². The van der Waals surface area contributed by atoms with Crippen LogP contribution in [0, 0.1) is 5.92 Å². The Hall–Kier alpha value is -2.01. The maximum absolute atomic E-state index is 12.2. The molecule has 0 amide bonds. The fourth-order valence-corrected chi connectivity index (χ4v) is 2.65. The Kier molecular flexibility index (Phi) is 5.47. The summed E-state index contributed by atoms with van der Waals surface area (Å²) in [6.07, 6.45) is -2.17. The number of aromatic nitrogens is 2. The number of hydrogen-bond acceptors (Lipinski definition) is 9. The molecule has 2 unspecified atom stereocenters. The highest BCUT2D eigenvalue weighted by Gasteiger charge is 2.56. The van der Waals surface area contributed by atoms with Crippen molar-refractivity contribution in [2.45, 2.75) is 50.8 Å². The number of nitrogen functional groups attached to an aromatic ring is 1. The number of nitrogens with zero attached hydrogens (tertiary/aromatic N) is 2. The monoisotopic (exact) mass is 356 g/mol. The van der Waals surface area contributed by atoms with E-state index in [-0.39, 0.29) is 11.7 Å². The quantitative estimate of drug-likeness (QED) is 0.453. The Morgan fingerprint density at radius 1 is 1.56 bits per heavy atom. The predicted molar refractivity (Wildman–Crippen MR) is 87.2 cm³/mol. The van der Waals surface area contributed by atoms with Crippen LogP contribution in [0.15, 0.2) is 17.1 Å². The van der Waals surface area contributed by atoms with Crippen molar-refractivity contribution in [3.8, 4) is 0 Å². The molecule has 1 aromatic rings. The van der Waals surface area contributed by atoms with Crippen molar-refractivity contribution < 1.29 is 24.5 Å². The van der Waals surface area contributed by atoms with Crippen LogP contribution in [0.25, 0.3) is 0 Å². The van der Waals surface area contributed by atoms with Crippen molar-refractivity contribution in [2.75, 3.05) is 12.3 Å². The Balaban J connectivity index is 2.32. The van der Waals surface area contributed by atoms with Crippen LogP contribution < -0.4 is 17.2 Å². The molecule has 2 heterocycles. The highest BCUT2D eigenvalue weighted by Crippen LogP contribution is 2.39. The molecule has 0 radical (unpaired) electrons. The third-order valence-corrected chi connectivity index (χ3v) is 4.23. The summed E-state index contributed by atoms with van der Waals surface area (Å²) >= 11 is 0. The third kappa shape index (κ3) is 3.66. The van der Waals surface area contributed by atoms with E-state index in [1.807, 2.05) is 0 Å². The van der Waals surface area contributed by atoms with Gasteiger partial charge in [0.15, 0.2) is 12.3 Å². The van der Waals surface area contributed by atoms with Gasteiger partial charge in [0.2, 0.25) is 0 Å². The van der Waals surface area contributed by atoms with E-state index in [1.165, 1.54) is 19.2 Å². The predicted octanol–water partition coefficient (Wildman–Crippen LogP) is -1.64. The molecule has 2 rings (SSSR count). The lowest BCUT2D eigenvalue weighted by atomic mass is 9.95. The lowest BCUT2D eigenvalue weighted by Gasteiger charge is -2.30. The summed E-state index contributed by atoms with van der Waals surface area (Å²) in [5.41, 5.74) is 8.67. The standard InChI is InChI=1S/C15H24N4O6/c1-7(2)10(17)12(21)25-11-8(6-20)24-13(15(11,3)23)19-5-4-9(16)18-14(19)22/h4-5,7-8,10-11,13,20,23H,6,17H2,1-3H3,(H2,16,18,22)/t8?,10-,11+,13?,15+/m0/s1. The maximum Gasteiger partial charge on any atom is 0.351 e. The van der Waals surface area contributed by atoms with Gasteiger partial charge in [-0.2, -0.15) is 4.98 Å². The fourth-order valence-electron chi connectivity index (χ4n) is 2.65. The van der Waals surface area contributed by atoms with E-state index < -0.39 is 48.3 Å². The molecule has 1 fully saturated rings. The molecular weight excluding hydrogens is 332 g/mol. The first-order valence-corrected chi connectivity index (χ1v) is 7.89. The first-order chi connectivity index (χ1) is 11.6. The van der Waals surface area contributed by atoms with Gasteiger partial charge in [-0.15, -0.1) is 0 Å². The lowest BCUT2D eigenvalue weighted by Crippen LogP contribution is -2.51. The molecule has 1 aliphatic rings. The van der Waals surface area contributed by atoms with Gasteiger partial charge in [0.25, 0.3) is 0 Å². The topological polar surface area (TPSA) is 163 Å². The average molecular weight is 356 g/mol. The average Bonchev–Trinajstić information content (AvgIpc) is 2.77. The van der Waals surface area contributed by atoms with Gasteiger partial charge in [0.05, 0.1) is 6.61 Å². The molecule has 25 heavy (non-hydrogen) atoms. The van der Waals surface area contributed by atoms with Gasteiger partial charge >= 0.3 is 11.7 Å². The molecule has 0 saturated carbocycles. The van der Waals surface area contributed by atoms with Crippen molar-refractivity contribution in [2.24, 2.45) is 11.7 Å².